The van der Waals surface area contributed by atoms with Crippen molar-refractivity contribution in [3.05, 3.63) is 41.7 Å². The third-order valence-corrected chi connectivity index (χ3v) is 4.50. The average molecular weight is 328 g/mol. The quantitative estimate of drug-likeness (QED) is 0.908. The number of aromatic nitrogens is 2. The molecule has 0 aromatic carbocycles. The highest BCUT2D eigenvalue weighted by molar-refractivity contribution is 5.35. The molecule has 1 saturated heterocycles. The van der Waals surface area contributed by atoms with Crippen LogP contribution in [0.4, 0.5) is 5.82 Å². The standard InChI is InChI=1S/C19H28N4O/c1-14-5-6-17(20-9-14)21-10-15-7-8-23(12-15)13-18-22-11-16(24-18)19(2,3)4/h5-6,9,11,15H,7-8,10,12-13H2,1-4H3,(H,20,21)/t15-/m0/s1. The minimum absolute atomic E-state index is 0.0176. The van der Waals surface area contributed by atoms with E-state index in [0.717, 1.165) is 43.6 Å². The lowest BCUT2D eigenvalue weighted by Gasteiger charge is -2.16. The maximum Gasteiger partial charge on any atom is 0.208 e. The normalized spacial score (nSPS) is 18.9. The van der Waals surface area contributed by atoms with Gasteiger partial charge < -0.3 is 9.73 Å². The van der Waals surface area contributed by atoms with Crippen LogP contribution in [0.5, 0.6) is 0 Å². The Morgan fingerprint density at radius 3 is 2.75 bits per heavy atom. The zero-order valence-electron chi connectivity index (χ0n) is 15.2. The van der Waals surface area contributed by atoms with Crippen molar-refractivity contribution < 1.29 is 4.42 Å². The van der Waals surface area contributed by atoms with Crippen molar-refractivity contribution in [2.75, 3.05) is 25.0 Å². The van der Waals surface area contributed by atoms with Gasteiger partial charge in [0.1, 0.15) is 11.6 Å². The number of rotatable bonds is 5. The van der Waals surface area contributed by atoms with Gasteiger partial charge in [0, 0.05) is 24.7 Å². The zero-order valence-corrected chi connectivity index (χ0v) is 15.2. The number of anilines is 1. The van der Waals surface area contributed by atoms with Crippen LogP contribution >= 0.6 is 0 Å². The summed E-state index contributed by atoms with van der Waals surface area (Å²) in [5, 5.41) is 3.45. The second-order valence-electron chi connectivity index (χ2n) is 7.86. The van der Waals surface area contributed by atoms with Crippen LogP contribution in [0, 0.1) is 12.8 Å². The monoisotopic (exact) mass is 328 g/mol. The fourth-order valence-corrected chi connectivity index (χ4v) is 2.97. The summed E-state index contributed by atoms with van der Waals surface area (Å²) in [6, 6.07) is 4.13. The Balaban J connectivity index is 1.47. The molecule has 1 atom stereocenters. The predicted octanol–water partition coefficient (Wildman–Crippen LogP) is 3.61. The Morgan fingerprint density at radius 1 is 1.25 bits per heavy atom. The molecule has 2 aromatic heterocycles. The van der Waals surface area contributed by atoms with Crippen LogP contribution in [0.1, 0.15) is 44.4 Å². The van der Waals surface area contributed by atoms with Crippen LogP contribution in [0.2, 0.25) is 0 Å². The predicted molar refractivity (Wildman–Crippen MR) is 96.1 cm³/mol. The Labute approximate surface area is 144 Å². The molecule has 0 amide bonds. The Bertz CT molecular complexity index is 657. The molecule has 0 radical (unpaired) electrons. The van der Waals surface area contributed by atoms with E-state index >= 15 is 0 Å². The number of nitrogens with zero attached hydrogens (tertiary/aromatic N) is 3. The number of aryl methyl sites for hydroxylation is 1. The first-order chi connectivity index (χ1) is 11.4. The summed E-state index contributed by atoms with van der Waals surface area (Å²) in [6.45, 7) is 12.4. The van der Waals surface area contributed by atoms with Crippen molar-refractivity contribution in [1.29, 1.82) is 0 Å². The summed E-state index contributed by atoms with van der Waals surface area (Å²) in [6.07, 6.45) is 4.97. The molecule has 0 saturated carbocycles. The summed E-state index contributed by atoms with van der Waals surface area (Å²) in [5.74, 6) is 3.39. The fraction of sp³-hybridized carbons (Fsp3) is 0.579. The molecule has 24 heavy (non-hydrogen) atoms. The highest BCUT2D eigenvalue weighted by atomic mass is 16.4. The van der Waals surface area contributed by atoms with E-state index < -0.39 is 0 Å². The van der Waals surface area contributed by atoms with Gasteiger partial charge in [-0.2, -0.15) is 0 Å². The molecule has 0 spiro atoms. The molecule has 5 nitrogen and oxygen atoms in total. The zero-order chi connectivity index (χ0) is 17.2. The lowest BCUT2D eigenvalue weighted by atomic mass is 9.94. The molecule has 130 valence electrons. The van der Waals surface area contributed by atoms with E-state index in [1.54, 1.807) is 0 Å². The fourth-order valence-electron chi connectivity index (χ4n) is 2.97. The summed E-state index contributed by atoms with van der Waals surface area (Å²) in [5.41, 5.74) is 1.21. The van der Waals surface area contributed by atoms with E-state index in [4.69, 9.17) is 4.42 Å². The van der Waals surface area contributed by atoms with Crippen molar-refractivity contribution in [1.82, 2.24) is 14.9 Å². The van der Waals surface area contributed by atoms with Crippen molar-refractivity contribution in [2.45, 2.75) is 46.1 Å². The van der Waals surface area contributed by atoms with Crippen LogP contribution < -0.4 is 5.32 Å². The summed E-state index contributed by atoms with van der Waals surface area (Å²) in [4.78, 5) is 11.3. The number of hydrogen-bond acceptors (Lipinski definition) is 5. The summed E-state index contributed by atoms with van der Waals surface area (Å²) < 4.78 is 5.91. The minimum atomic E-state index is 0.0176. The van der Waals surface area contributed by atoms with Crippen molar-refractivity contribution in [2.24, 2.45) is 5.92 Å². The Morgan fingerprint density at radius 2 is 2.08 bits per heavy atom. The van der Waals surface area contributed by atoms with Gasteiger partial charge in [-0.25, -0.2) is 9.97 Å². The third kappa shape index (κ3) is 4.35. The molecule has 0 bridgehead atoms. The second-order valence-corrected chi connectivity index (χ2v) is 7.86. The highest BCUT2D eigenvalue weighted by Crippen LogP contribution is 2.24. The molecule has 5 heteroatoms. The maximum absolute atomic E-state index is 5.91. The molecular weight excluding hydrogens is 300 g/mol. The van der Waals surface area contributed by atoms with Gasteiger partial charge in [0.15, 0.2) is 0 Å². The van der Waals surface area contributed by atoms with Crippen molar-refractivity contribution in [3.63, 3.8) is 0 Å². The third-order valence-electron chi connectivity index (χ3n) is 4.50. The SMILES string of the molecule is Cc1ccc(NC[C@@H]2CCN(Cc3ncc(C(C)(C)C)o3)C2)nc1. The van der Waals surface area contributed by atoms with Gasteiger partial charge in [-0.05, 0) is 37.4 Å². The van der Waals surface area contributed by atoms with E-state index in [1.165, 1.54) is 12.0 Å². The lowest BCUT2D eigenvalue weighted by molar-refractivity contribution is 0.270. The maximum atomic E-state index is 5.91. The molecule has 1 aliphatic rings. The molecule has 0 aliphatic carbocycles. The van der Waals surface area contributed by atoms with Crippen LogP contribution in [0.3, 0.4) is 0 Å². The molecule has 3 rings (SSSR count). The van der Waals surface area contributed by atoms with Crippen molar-refractivity contribution >= 4 is 5.82 Å². The summed E-state index contributed by atoms with van der Waals surface area (Å²) >= 11 is 0. The first-order valence-corrected chi connectivity index (χ1v) is 8.74. The number of pyridine rings is 1. The topological polar surface area (TPSA) is 54.2 Å². The molecule has 1 fully saturated rings. The van der Waals surface area contributed by atoms with Crippen LogP contribution in [-0.4, -0.2) is 34.5 Å². The number of likely N-dealkylation sites (tertiary alicyclic amines) is 1. The van der Waals surface area contributed by atoms with Crippen molar-refractivity contribution in [3.8, 4) is 0 Å². The van der Waals surface area contributed by atoms with Gasteiger partial charge >= 0.3 is 0 Å². The number of hydrogen-bond donors (Lipinski definition) is 1. The molecule has 3 heterocycles. The van der Waals surface area contributed by atoms with Crippen LogP contribution in [0.15, 0.2) is 28.9 Å². The van der Waals surface area contributed by atoms with E-state index in [1.807, 2.05) is 18.5 Å². The smallest absolute Gasteiger partial charge is 0.208 e. The average Bonchev–Trinajstić information content (AvgIpc) is 3.16. The largest absolute Gasteiger partial charge is 0.444 e. The number of oxazole rings is 1. The Kier molecular flexibility index (Phi) is 4.90. The van der Waals surface area contributed by atoms with Crippen LogP contribution in [-0.2, 0) is 12.0 Å². The molecule has 2 aromatic rings. The lowest BCUT2D eigenvalue weighted by Crippen LogP contribution is -2.23. The van der Waals surface area contributed by atoms with E-state index in [-0.39, 0.29) is 5.41 Å². The first-order valence-electron chi connectivity index (χ1n) is 8.74. The van der Waals surface area contributed by atoms with Crippen LogP contribution in [0.25, 0.3) is 0 Å². The second kappa shape index (κ2) is 6.93. The highest BCUT2D eigenvalue weighted by Gasteiger charge is 2.25. The van der Waals surface area contributed by atoms with Gasteiger partial charge in [0.2, 0.25) is 5.89 Å². The van der Waals surface area contributed by atoms with Gasteiger partial charge in [-0.15, -0.1) is 0 Å². The summed E-state index contributed by atoms with van der Waals surface area (Å²) in [7, 11) is 0. The van der Waals surface area contributed by atoms with E-state index in [9.17, 15) is 0 Å². The minimum Gasteiger partial charge on any atom is -0.444 e. The number of nitrogens with one attached hydrogen (secondary N) is 1. The molecule has 0 unspecified atom stereocenters. The molecule has 1 aliphatic heterocycles. The van der Waals surface area contributed by atoms with E-state index in [0.29, 0.717) is 5.92 Å². The van der Waals surface area contributed by atoms with E-state index in [2.05, 4.69) is 53.9 Å². The molecule has 1 N–H and O–H groups in total. The molecular formula is C19H28N4O. The van der Waals surface area contributed by atoms with Gasteiger partial charge in [0.05, 0.1) is 12.7 Å². The van der Waals surface area contributed by atoms with Gasteiger partial charge in [0.25, 0.3) is 0 Å². The first kappa shape index (κ1) is 17.0. The Hall–Kier alpha value is -1.88. The van der Waals surface area contributed by atoms with Gasteiger partial charge in [-0.3, -0.25) is 4.90 Å². The van der Waals surface area contributed by atoms with Gasteiger partial charge in [-0.1, -0.05) is 26.8 Å².